The minimum atomic E-state index is -1.03. The lowest BCUT2D eigenvalue weighted by atomic mass is 9.83. The van der Waals surface area contributed by atoms with E-state index in [4.69, 9.17) is 14.2 Å². The minimum Gasteiger partial charge on any atom is -0.454 e. The van der Waals surface area contributed by atoms with Crippen LogP contribution in [0.4, 0.5) is 0 Å². The zero-order valence-electron chi connectivity index (χ0n) is 17.4. The number of hydrogen-bond acceptors (Lipinski definition) is 7. The van der Waals surface area contributed by atoms with Gasteiger partial charge in [0.25, 0.3) is 0 Å². The first-order chi connectivity index (χ1) is 13.6. The van der Waals surface area contributed by atoms with E-state index in [9.17, 15) is 19.5 Å². The zero-order valence-corrected chi connectivity index (χ0v) is 17.4. The van der Waals surface area contributed by atoms with Crippen molar-refractivity contribution in [2.45, 2.75) is 65.5 Å². The highest BCUT2D eigenvalue weighted by Crippen LogP contribution is 2.37. The number of esters is 3. The summed E-state index contributed by atoms with van der Waals surface area (Å²) in [6.07, 6.45) is 1.66. The Labute approximate surface area is 170 Å². The van der Waals surface area contributed by atoms with Gasteiger partial charge in [0, 0.05) is 18.1 Å². The fraction of sp³-hybridized carbons (Fsp3) is 0.500. The number of rotatable bonds is 3. The SMILES string of the molecule is C=C1C(=O)O[C@@H]2/C=C(\C)[C@H](O)C/C=C(\C)[C@@H](OC(C)=O)[C@H](OC(=O)/C(C)=C\C)C12. The predicted molar refractivity (Wildman–Crippen MR) is 106 cm³/mol. The molecular formula is C22H28O7. The molecule has 1 aliphatic carbocycles. The van der Waals surface area contributed by atoms with Crippen molar-refractivity contribution < 1.29 is 33.7 Å². The normalized spacial score (nSPS) is 34.1. The first kappa shape index (κ1) is 22.6. The average Bonchev–Trinajstić information content (AvgIpc) is 2.93. The Morgan fingerprint density at radius 3 is 2.48 bits per heavy atom. The molecule has 1 N–H and O–H groups in total. The third-order valence-corrected chi connectivity index (χ3v) is 5.27. The van der Waals surface area contributed by atoms with Gasteiger partial charge in [-0.3, -0.25) is 4.79 Å². The van der Waals surface area contributed by atoms with Crippen molar-refractivity contribution in [3.8, 4) is 0 Å². The summed E-state index contributed by atoms with van der Waals surface area (Å²) in [5.74, 6) is -2.55. The Balaban J connectivity index is 2.62. The summed E-state index contributed by atoms with van der Waals surface area (Å²) in [6, 6.07) is 0. The largest absolute Gasteiger partial charge is 0.454 e. The highest BCUT2D eigenvalue weighted by molar-refractivity contribution is 5.92. The van der Waals surface area contributed by atoms with Crippen molar-refractivity contribution in [3.05, 3.63) is 47.1 Å². The van der Waals surface area contributed by atoms with Gasteiger partial charge in [-0.05, 0) is 51.3 Å². The van der Waals surface area contributed by atoms with Crippen molar-refractivity contribution in [2.75, 3.05) is 0 Å². The average molecular weight is 404 g/mol. The zero-order chi connectivity index (χ0) is 21.9. The van der Waals surface area contributed by atoms with E-state index in [1.807, 2.05) is 0 Å². The molecule has 0 amide bonds. The van der Waals surface area contributed by atoms with E-state index in [0.717, 1.165) is 0 Å². The second-order valence-corrected chi connectivity index (χ2v) is 7.40. The van der Waals surface area contributed by atoms with Crippen LogP contribution < -0.4 is 0 Å². The van der Waals surface area contributed by atoms with E-state index in [0.29, 0.717) is 16.7 Å². The molecule has 0 bridgehead atoms. The van der Waals surface area contributed by atoms with Crippen molar-refractivity contribution in [2.24, 2.45) is 5.92 Å². The number of allylic oxidation sites excluding steroid dienone is 1. The fourth-order valence-electron chi connectivity index (χ4n) is 3.36. The van der Waals surface area contributed by atoms with Crippen LogP contribution in [0.2, 0.25) is 0 Å². The molecule has 1 fully saturated rings. The summed E-state index contributed by atoms with van der Waals surface area (Å²) >= 11 is 0. The lowest BCUT2D eigenvalue weighted by Crippen LogP contribution is -2.44. The molecule has 1 unspecified atom stereocenters. The molecule has 0 radical (unpaired) electrons. The molecule has 5 atom stereocenters. The quantitative estimate of drug-likeness (QED) is 0.334. The monoisotopic (exact) mass is 404 g/mol. The first-order valence-corrected chi connectivity index (χ1v) is 9.50. The van der Waals surface area contributed by atoms with Gasteiger partial charge in [-0.25, -0.2) is 9.59 Å². The van der Waals surface area contributed by atoms with Gasteiger partial charge in [0.05, 0.1) is 12.0 Å². The Kier molecular flexibility index (Phi) is 7.19. The number of ether oxygens (including phenoxy) is 3. The summed E-state index contributed by atoms with van der Waals surface area (Å²) in [6.45, 7) is 11.8. The predicted octanol–water partition coefficient (Wildman–Crippen LogP) is 2.55. The first-order valence-electron chi connectivity index (χ1n) is 9.50. The Morgan fingerprint density at radius 1 is 1.24 bits per heavy atom. The molecule has 0 aromatic carbocycles. The lowest BCUT2D eigenvalue weighted by molar-refractivity contribution is -0.165. The van der Waals surface area contributed by atoms with E-state index >= 15 is 0 Å². The molecule has 0 spiro atoms. The molecule has 2 rings (SSSR count). The molecule has 29 heavy (non-hydrogen) atoms. The maximum Gasteiger partial charge on any atom is 0.334 e. The van der Waals surface area contributed by atoms with E-state index in [1.165, 1.54) is 6.92 Å². The number of aliphatic hydroxyl groups excluding tert-OH is 1. The third kappa shape index (κ3) is 5.03. The Morgan fingerprint density at radius 2 is 1.90 bits per heavy atom. The summed E-state index contributed by atoms with van der Waals surface area (Å²) in [7, 11) is 0. The number of fused-ring (bicyclic) bond motifs is 1. The van der Waals surface area contributed by atoms with Crippen LogP contribution in [-0.4, -0.2) is 47.4 Å². The van der Waals surface area contributed by atoms with Gasteiger partial charge in [0.2, 0.25) is 0 Å². The maximum atomic E-state index is 12.6. The Hall–Kier alpha value is -2.67. The van der Waals surface area contributed by atoms with Crippen LogP contribution in [0.25, 0.3) is 0 Å². The van der Waals surface area contributed by atoms with Crippen molar-refractivity contribution >= 4 is 17.9 Å². The van der Waals surface area contributed by atoms with Gasteiger partial charge in [-0.1, -0.05) is 18.7 Å². The lowest BCUT2D eigenvalue weighted by Gasteiger charge is -2.33. The van der Waals surface area contributed by atoms with Crippen LogP contribution in [0.3, 0.4) is 0 Å². The molecule has 0 aromatic rings. The van der Waals surface area contributed by atoms with Gasteiger partial charge >= 0.3 is 17.9 Å². The number of carbonyl (C=O) groups excluding carboxylic acids is 3. The number of aliphatic hydroxyl groups is 1. The van der Waals surface area contributed by atoms with Gasteiger partial charge in [-0.15, -0.1) is 0 Å². The molecule has 0 aromatic heterocycles. The summed E-state index contributed by atoms with van der Waals surface area (Å²) < 4.78 is 16.7. The van der Waals surface area contributed by atoms with Gasteiger partial charge in [0.1, 0.15) is 6.10 Å². The van der Waals surface area contributed by atoms with E-state index in [1.54, 1.807) is 45.9 Å². The maximum absolute atomic E-state index is 12.6. The molecule has 158 valence electrons. The van der Waals surface area contributed by atoms with E-state index < -0.39 is 48.2 Å². The molecular weight excluding hydrogens is 376 g/mol. The number of hydrogen-bond donors (Lipinski definition) is 1. The van der Waals surface area contributed by atoms with Crippen LogP contribution in [0, 0.1) is 5.92 Å². The molecule has 1 heterocycles. The van der Waals surface area contributed by atoms with Crippen molar-refractivity contribution in [1.29, 1.82) is 0 Å². The molecule has 1 saturated heterocycles. The van der Waals surface area contributed by atoms with E-state index in [-0.39, 0.29) is 12.0 Å². The van der Waals surface area contributed by atoms with Gasteiger partial charge in [-0.2, -0.15) is 0 Å². The van der Waals surface area contributed by atoms with Crippen LogP contribution in [-0.2, 0) is 28.6 Å². The second kappa shape index (κ2) is 9.22. The number of carbonyl (C=O) groups is 3. The fourth-order valence-corrected chi connectivity index (χ4v) is 3.36. The van der Waals surface area contributed by atoms with Crippen molar-refractivity contribution in [1.82, 2.24) is 0 Å². The summed E-state index contributed by atoms with van der Waals surface area (Å²) in [4.78, 5) is 36.6. The summed E-state index contributed by atoms with van der Waals surface area (Å²) in [5, 5.41) is 10.4. The molecule has 2 aliphatic rings. The van der Waals surface area contributed by atoms with E-state index in [2.05, 4.69) is 6.58 Å². The molecule has 7 nitrogen and oxygen atoms in total. The standard InChI is InChI=1S/C22H28O7/c1-7-11(2)21(25)29-20-18-14(5)22(26)28-17(18)10-13(4)16(24)9-8-12(3)19(20)27-15(6)23/h7-8,10,16-20,24H,5,9H2,1-4,6H3/b11-7-,12-8+,13-10+/t16-,17-,18?,19-,20-/m1/s1. The van der Waals surface area contributed by atoms with Crippen LogP contribution in [0.15, 0.2) is 47.1 Å². The van der Waals surface area contributed by atoms with Gasteiger partial charge in [0.15, 0.2) is 12.2 Å². The van der Waals surface area contributed by atoms with Crippen LogP contribution in [0.5, 0.6) is 0 Å². The molecule has 1 aliphatic heterocycles. The third-order valence-electron chi connectivity index (χ3n) is 5.27. The highest BCUT2D eigenvalue weighted by Gasteiger charge is 2.49. The Bertz CT molecular complexity index is 802. The van der Waals surface area contributed by atoms with Crippen LogP contribution >= 0.6 is 0 Å². The minimum absolute atomic E-state index is 0.120. The van der Waals surface area contributed by atoms with Crippen LogP contribution in [0.1, 0.15) is 41.0 Å². The summed E-state index contributed by atoms with van der Waals surface area (Å²) in [5.41, 5.74) is 1.71. The highest BCUT2D eigenvalue weighted by atomic mass is 16.6. The smallest absolute Gasteiger partial charge is 0.334 e. The molecule has 0 saturated carbocycles. The second-order valence-electron chi connectivity index (χ2n) is 7.40. The molecule has 7 heteroatoms. The van der Waals surface area contributed by atoms with Crippen molar-refractivity contribution in [3.63, 3.8) is 0 Å². The topological polar surface area (TPSA) is 99.1 Å². The van der Waals surface area contributed by atoms with Gasteiger partial charge < -0.3 is 19.3 Å².